The molecule has 1 saturated heterocycles. The Morgan fingerprint density at radius 2 is 2.05 bits per heavy atom. The van der Waals surface area contributed by atoms with Gasteiger partial charge in [-0.25, -0.2) is 0 Å². The summed E-state index contributed by atoms with van der Waals surface area (Å²) in [5.74, 6) is 0.229. The van der Waals surface area contributed by atoms with Gasteiger partial charge in [-0.2, -0.15) is 0 Å². The number of fused-ring (bicyclic) bond motifs is 1. The van der Waals surface area contributed by atoms with E-state index in [1.54, 1.807) is 4.90 Å². The third kappa shape index (κ3) is 2.37. The van der Waals surface area contributed by atoms with Crippen molar-refractivity contribution in [3.63, 3.8) is 0 Å². The molecule has 1 amide bonds. The highest BCUT2D eigenvalue weighted by atomic mass is 16.5. The lowest BCUT2D eigenvalue weighted by Gasteiger charge is -2.19. The third-order valence-corrected chi connectivity index (χ3v) is 4.43. The van der Waals surface area contributed by atoms with Crippen LogP contribution in [0.2, 0.25) is 0 Å². The summed E-state index contributed by atoms with van der Waals surface area (Å²) in [7, 11) is 1.39. The van der Waals surface area contributed by atoms with Crippen molar-refractivity contribution in [1.29, 1.82) is 0 Å². The molecule has 2 aliphatic rings. The summed E-state index contributed by atoms with van der Waals surface area (Å²) in [4.78, 5) is 26.2. The second kappa shape index (κ2) is 5.39. The maximum Gasteiger partial charge on any atom is 0.310 e. The van der Waals surface area contributed by atoms with E-state index in [2.05, 4.69) is 0 Å². The first-order valence-electron chi connectivity index (χ1n) is 7.20. The first-order chi connectivity index (χ1) is 10.1. The Balaban J connectivity index is 1.74. The molecule has 1 aromatic carbocycles. The largest absolute Gasteiger partial charge is 0.492 e. The fourth-order valence-corrected chi connectivity index (χ4v) is 3.19. The summed E-state index contributed by atoms with van der Waals surface area (Å²) in [6.07, 6.45) is 0. The molecule has 3 rings (SSSR count). The van der Waals surface area contributed by atoms with Crippen molar-refractivity contribution in [1.82, 2.24) is 4.90 Å². The van der Waals surface area contributed by atoms with E-state index in [9.17, 15) is 9.59 Å². The van der Waals surface area contributed by atoms with E-state index in [0.717, 1.165) is 11.3 Å². The molecule has 0 N–H and O–H groups in total. The molecular weight excluding hydrogens is 270 g/mol. The number of benzene rings is 1. The van der Waals surface area contributed by atoms with Crippen LogP contribution in [0.5, 0.6) is 5.75 Å². The van der Waals surface area contributed by atoms with Crippen molar-refractivity contribution < 1.29 is 19.1 Å². The minimum absolute atomic E-state index is 0.0400. The van der Waals surface area contributed by atoms with Crippen LogP contribution in [-0.4, -0.2) is 43.6 Å². The second-order valence-electron chi connectivity index (χ2n) is 5.75. The number of hydrogen-bond donors (Lipinski definition) is 0. The summed E-state index contributed by atoms with van der Waals surface area (Å²) in [6.45, 7) is 3.39. The van der Waals surface area contributed by atoms with E-state index >= 15 is 0 Å². The van der Waals surface area contributed by atoms with Gasteiger partial charge in [0.1, 0.15) is 18.3 Å². The fraction of sp³-hybridized carbons (Fsp3) is 0.500. The van der Waals surface area contributed by atoms with Crippen LogP contribution in [-0.2, 0) is 14.3 Å². The standard InChI is InChI=1S/C16H19NO4/c1-10-7-17(8-12(10)16(19)20-2)15(18)13-9-21-14-6-4-3-5-11(13)14/h3-6,10,12-13H,7-9H2,1-2H3. The number of likely N-dealkylation sites (tertiary alicyclic amines) is 1. The van der Waals surface area contributed by atoms with Gasteiger partial charge in [0.25, 0.3) is 0 Å². The lowest BCUT2D eigenvalue weighted by Crippen LogP contribution is -2.34. The number of hydrogen-bond acceptors (Lipinski definition) is 4. The van der Waals surface area contributed by atoms with Gasteiger partial charge in [-0.1, -0.05) is 25.1 Å². The molecule has 0 bridgehead atoms. The molecule has 3 unspecified atom stereocenters. The first kappa shape index (κ1) is 13.9. The number of para-hydroxylation sites is 1. The van der Waals surface area contributed by atoms with Crippen LogP contribution in [0.1, 0.15) is 18.4 Å². The van der Waals surface area contributed by atoms with E-state index < -0.39 is 0 Å². The molecule has 1 aromatic rings. The molecule has 2 heterocycles. The van der Waals surface area contributed by atoms with Gasteiger partial charge in [-0.15, -0.1) is 0 Å². The highest BCUT2D eigenvalue weighted by Crippen LogP contribution is 2.36. The summed E-state index contributed by atoms with van der Waals surface area (Å²) in [6, 6.07) is 7.63. The SMILES string of the molecule is COC(=O)C1CN(C(=O)C2COc3ccccc32)CC1C. The number of methoxy groups -OCH3 is 1. The van der Waals surface area contributed by atoms with Crippen molar-refractivity contribution in [2.75, 3.05) is 26.8 Å². The van der Waals surface area contributed by atoms with Crippen LogP contribution in [0.15, 0.2) is 24.3 Å². The van der Waals surface area contributed by atoms with Crippen molar-refractivity contribution in [2.24, 2.45) is 11.8 Å². The maximum absolute atomic E-state index is 12.7. The zero-order valence-electron chi connectivity index (χ0n) is 12.2. The lowest BCUT2D eigenvalue weighted by atomic mass is 9.99. The average Bonchev–Trinajstić information content (AvgIpc) is 3.09. The molecule has 0 aliphatic carbocycles. The summed E-state index contributed by atoms with van der Waals surface area (Å²) < 4.78 is 10.4. The average molecular weight is 289 g/mol. The lowest BCUT2D eigenvalue weighted by molar-refractivity contribution is -0.146. The summed E-state index contributed by atoms with van der Waals surface area (Å²) in [5, 5.41) is 0. The molecule has 2 aliphatic heterocycles. The minimum Gasteiger partial charge on any atom is -0.492 e. The molecule has 21 heavy (non-hydrogen) atoms. The molecule has 1 fully saturated rings. The van der Waals surface area contributed by atoms with E-state index in [0.29, 0.717) is 19.7 Å². The Kier molecular flexibility index (Phi) is 3.57. The van der Waals surface area contributed by atoms with Gasteiger partial charge in [0.2, 0.25) is 5.91 Å². The Bertz CT molecular complexity index is 571. The quantitative estimate of drug-likeness (QED) is 0.773. The molecule has 0 saturated carbocycles. The predicted molar refractivity (Wildman–Crippen MR) is 75.9 cm³/mol. The topological polar surface area (TPSA) is 55.8 Å². The van der Waals surface area contributed by atoms with Gasteiger partial charge in [-0.05, 0) is 12.0 Å². The molecule has 3 atom stereocenters. The van der Waals surface area contributed by atoms with E-state index in [4.69, 9.17) is 9.47 Å². The number of nitrogens with zero attached hydrogens (tertiary/aromatic N) is 1. The number of amides is 1. The third-order valence-electron chi connectivity index (χ3n) is 4.43. The molecule has 0 spiro atoms. The normalized spacial score (nSPS) is 27.1. The zero-order chi connectivity index (χ0) is 15.0. The highest BCUT2D eigenvalue weighted by molar-refractivity contribution is 5.86. The Morgan fingerprint density at radius 3 is 2.81 bits per heavy atom. The second-order valence-corrected chi connectivity index (χ2v) is 5.75. The first-order valence-corrected chi connectivity index (χ1v) is 7.20. The van der Waals surface area contributed by atoms with Gasteiger partial charge in [0, 0.05) is 18.7 Å². The van der Waals surface area contributed by atoms with Crippen LogP contribution >= 0.6 is 0 Å². The molecule has 5 nitrogen and oxygen atoms in total. The number of ether oxygens (including phenoxy) is 2. The van der Waals surface area contributed by atoms with Crippen molar-refractivity contribution in [3.05, 3.63) is 29.8 Å². The van der Waals surface area contributed by atoms with Crippen LogP contribution in [0.25, 0.3) is 0 Å². The maximum atomic E-state index is 12.7. The summed E-state index contributed by atoms with van der Waals surface area (Å²) in [5.41, 5.74) is 0.941. The van der Waals surface area contributed by atoms with Crippen LogP contribution < -0.4 is 4.74 Å². The van der Waals surface area contributed by atoms with E-state index in [1.807, 2.05) is 31.2 Å². The Morgan fingerprint density at radius 1 is 1.29 bits per heavy atom. The molecular formula is C16H19NO4. The van der Waals surface area contributed by atoms with Gasteiger partial charge in [0.05, 0.1) is 13.0 Å². The van der Waals surface area contributed by atoms with Crippen LogP contribution in [0.3, 0.4) is 0 Å². The predicted octanol–water partition coefficient (Wildman–Crippen LogP) is 1.43. The number of rotatable bonds is 2. The van der Waals surface area contributed by atoms with Crippen molar-refractivity contribution >= 4 is 11.9 Å². The number of carbonyl (C=O) groups is 2. The molecule has 0 radical (unpaired) electrons. The Labute approximate surface area is 123 Å². The minimum atomic E-state index is -0.259. The zero-order valence-corrected chi connectivity index (χ0v) is 12.2. The van der Waals surface area contributed by atoms with Gasteiger partial charge in [0.15, 0.2) is 0 Å². The van der Waals surface area contributed by atoms with Crippen molar-refractivity contribution in [3.8, 4) is 5.75 Å². The number of esters is 1. The number of carbonyl (C=O) groups excluding carboxylic acids is 2. The smallest absolute Gasteiger partial charge is 0.310 e. The molecule has 5 heteroatoms. The van der Waals surface area contributed by atoms with Crippen molar-refractivity contribution in [2.45, 2.75) is 12.8 Å². The highest BCUT2D eigenvalue weighted by Gasteiger charge is 2.41. The van der Waals surface area contributed by atoms with Gasteiger partial charge in [-0.3, -0.25) is 9.59 Å². The van der Waals surface area contributed by atoms with E-state index in [1.165, 1.54) is 7.11 Å². The monoisotopic (exact) mass is 289 g/mol. The van der Waals surface area contributed by atoms with Crippen LogP contribution in [0.4, 0.5) is 0 Å². The van der Waals surface area contributed by atoms with Crippen LogP contribution in [0, 0.1) is 11.8 Å². The Hall–Kier alpha value is -2.04. The molecule has 112 valence electrons. The van der Waals surface area contributed by atoms with Gasteiger partial charge >= 0.3 is 5.97 Å². The summed E-state index contributed by atoms with van der Waals surface area (Å²) >= 11 is 0. The van der Waals surface area contributed by atoms with E-state index in [-0.39, 0.29) is 29.6 Å². The fourth-order valence-electron chi connectivity index (χ4n) is 3.19. The molecule has 0 aromatic heterocycles. The van der Waals surface area contributed by atoms with Gasteiger partial charge < -0.3 is 14.4 Å².